The average Bonchev–Trinajstić information content (AvgIpc) is 2.68. The molecular weight excluding hydrogens is 240 g/mol. The van der Waals surface area contributed by atoms with E-state index >= 15 is 0 Å². The number of esters is 2. The Morgan fingerprint density at radius 2 is 1.83 bits per heavy atom. The largest absolute Gasteiger partial charge is 0.468 e. The fourth-order valence-electron chi connectivity index (χ4n) is 1.87. The van der Waals surface area contributed by atoms with Crippen molar-refractivity contribution >= 4 is 11.9 Å². The summed E-state index contributed by atoms with van der Waals surface area (Å²) in [5, 5.41) is 0. The van der Waals surface area contributed by atoms with Gasteiger partial charge in [0, 0.05) is 0 Å². The maximum atomic E-state index is 11.4. The molecule has 0 aromatic rings. The van der Waals surface area contributed by atoms with Gasteiger partial charge in [0.1, 0.15) is 0 Å². The Kier molecular flexibility index (Phi) is 5.10. The highest BCUT2D eigenvalue weighted by Crippen LogP contribution is 2.26. The molecule has 0 aromatic heterocycles. The highest BCUT2D eigenvalue weighted by Gasteiger charge is 2.35. The van der Waals surface area contributed by atoms with Crippen molar-refractivity contribution in [3.05, 3.63) is 0 Å². The first-order valence-electron chi connectivity index (χ1n) is 5.87. The third kappa shape index (κ3) is 3.96. The number of carbonyl (C=O) groups excluding carboxylic acids is 2. The minimum Gasteiger partial charge on any atom is -0.468 e. The number of hydrogen-bond donors (Lipinski definition) is 0. The van der Waals surface area contributed by atoms with E-state index in [-0.39, 0.29) is 6.10 Å². The van der Waals surface area contributed by atoms with Gasteiger partial charge in [0.15, 0.2) is 11.7 Å². The summed E-state index contributed by atoms with van der Waals surface area (Å²) in [6.07, 6.45) is 0.749. The summed E-state index contributed by atoms with van der Waals surface area (Å²) in [5.74, 6) is -2.66. The van der Waals surface area contributed by atoms with E-state index < -0.39 is 23.6 Å². The molecule has 1 fully saturated rings. The Morgan fingerprint density at radius 3 is 2.22 bits per heavy atom. The normalized spacial score (nSPS) is 21.9. The predicted octanol–water partition coefficient (Wildman–Crippen LogP) is 0.880. The maximum Gasteiger partial charge on any atom is 0.320 e. The molecule has 0 unspecified atom stereocenters. The Bertz CT molecular complexity index is 296. The van der Waals surface area contributed by atoms with Crippen LogP contribution >= 0.6 is 0 Å². The lowest BCUT2D eigenvalue weighted by molar-refractivity contribution is -0.159. The van der Waals surface area contributed by atoms with Crippen LogP contribution in [-0.4, -0.2) is 44.7 Å². The standard InChI is InChI=1S/C12H20O6/c1-12(2)17-7-8(18-12)5-6-9(10(13)15-3)11(14)16-4/h8-9H,5-7H2,1-4H3/t8-/m1/s1. The molecule has 0 amide bonds. The lowest BCUT2D eigenvalue weighted by atomic mass is 10.0. The van der Waals surface area contributed by atoms with E-state index in [1.165, 1.54) is 14.2 Å². The molecule has 1 heterocycles. The predicted molar refractivity (Wildman–Crippen MR) is 61.7 cm³/mol. The summed E-state index contributed by atoms with van der Waals surface area (Å²) in [7, 11) is 2.49. The number of hydrogen-bond acceptors (Lipinski definition) is 6. The summed E-state index contributed by atoms with van der Waals surface area (Å²) in [5.41, 5.74) is 0. The van der Waals surface area contributed by atoms with Crippen molar-refractivity contribution in [2.75, 3.05) is 20.8 Å². The second-order valence-electron chi connectivity index (χ2n) is 4.63. The van der Waals surface area contributed by atoms with Gasteiger partial charge in [-0.3, -0.25) is 9.59 Å². The van der Waals surface area contributed by atoms with E-state index in [1.807, 2.05) is 13.8 Å². The van der Waals surface area contributed by atoms with Crippen LogP contribution in [0, 0.1) is 5.92 Å². The van der Waals surface area contributed by atoms with Gasteiger partial charge in [0.05, 0.1) is 26.9 Å². The molecule has 0 spiro atoms. The summed E-state index contributed by atoms with van der Waals surface area (Å²) in [4.78, 5) is 22.9. The van der Waals surface area contributed by atoms with Gasteiger partial charge in [0.25, 0.3) is 0 Å². The summed E-state index contributed by atoms with van der Waals surface area (Å²) in [6.45, 7) is 4.11. The molecule has 0 aromatic carbocycles. The van der Waals surface area contributed by atoms with Gasteiger partial charge in [-0.1, -0.05) is 0 Å². The van der Waals surface area contributed by atoms with Gasteiger partial charge in [-0.25, -0.2) is 0 Å². The first kappa shape index (κ1) is 14.9. The zero-order valence-corrected chi connectivity index (χ0v) is 11.2. The molecule has 0 bridgehead atoms. The molecule has 6 nitrogen and oxygen atoms in total. The van der Waals surface area contributed by atoms with E-state index in [4.69, 9.17) is 9.47 Å². The molecule has 1 aliphatic heterocycles. The van der Waals surface area contributed by atoms with Crippen LogP contribution in [0.2, 0.25) is 0 Å². The van der Waals surface area contributed by atoms with E-state index in [0.717, 1.165) is 0 Å². The highest BCUT2D eigenvalue weighted by atomic mass is 16.7. The zero-order valence-electron chi connectivity index (χ0n) is 11.2. The zero-order chi connectivity index (χ0) is 13.8. The maximum absolute atomic E-state index is 11.4. The highest BCUT2D eigenvalue weighted by molar-refractivity contribution is 5.94. The minimum absolute atomic E-state index is 0.114. The Labute approximate surface area is 107 Å². The summed E-state index contributed by atoms with van der Waals surface area (Å²) in [6, 6.07) is 0. The number of ether oxygens (including phenoxy) is 4. The van der Waals surface area contributed by atoms with Crippen LogP contribution in [0.3, 0.4) is 0 Å². The molecule has 1 atom stereocenters. The molecule has 0 radical (unpaired) electrons. The van der Waals surface area contributed by atoms with Gasteiger partial charge in [-0.05, 0) is 26.7 Å². The van der Waals surface area contributed by atoms with Crippen LogP contribution < -0.4 is 0 Å². The van der Waals surface area contributed by atoms with Crippen LogP contribution in [0.15, 0.2) is 0 Å². The third-order valence-corrected chi connectivity index (χ3v) is 2.82. The molecular formula is C12H20O6. The van der Waals surface area contributed by atoms with Crippen molar-refractivity contribution in [1.82, 2.24) is 0 Å². The number of methoxy groups -OCH3 is 2. The average molecular weight is 260 g/mol. The molecule has 6 heteroatoms. The van der Waals surface area contributed by atoms with Crippen LogP contribution in [0.5, 0.6) is 0 Å². The molecule has 1 saturated heterocycles. The van der Waals surface area contributed by atoms with Gasteiger partial charge < -0.3 is 18.9 Å². The van der Waals surface area contributed by atoms with Crippen molar-refractivity contribution in [1.29, 1.82) is 0 Å². The van der Waals surface area contributed by atoms with Crippen molar-refractivity contribution < 1.29 is 28.5 Å². The molecule has 104 valence electrons. The lowest BCUT2D eigenvalue weighted by Gasteiger charge is -2.18. The SMILES string of the molecule is COC(=O)C(CC[C@@H]1COC(C)(C)O1)C(=O)OC. The van der Waals surface area contributed by atoms with E-state index in [2.05, 4.69) is 9.47 Å². The number of carbonyl (C=O) groups is 2. The van der Waals surface area contributed by atoms with Crippen LogP contribution in [0.1, 0.15) is 26.7 Å². The minimum atomic E-state index is -0.896. The molecule has 0 aliphatic carbocycles. The van der Waals surface area contributed by atoms with Crippen molar-refractivity contribution in [3.63, 3.8) is 0 Å². The topological polar surface area (TPSA) is 71.1 Å². The second kappa shape index (κ2) is 6.15. The second-order valence-corrected chi connectivity index (χ2v) is 4.63. The molecule has 18 heavy (non-hydrogen) atoms. The Balaban J connectivity index is 2.48. The van der Waals surface area contributed by atoms with Crippen molar-refractivity contribution in [3.8, 4) is 0 Å². The van der Waals surface area contributed by atoms with Crippen LogP contribution in [-0.2, 0) is 28.5 Å². The van der Waals surface area contributed by atoms with E-state index in [1.54, 1.807) is 0 Å². The Morgan fingerprint density at radius 1 is 1.28 bits per heavy atom. The van der Waals surface area contributed by atoms with Crippen molar-refractivity contribution in [2.24, 2.45) is 5.92 Å². The Hall–Kier alpha value is -1.14. The monoisotopic (exact) mass is 260 g/mol. The van der Waals surface area contributed by atoms with Crippen LogP contribution in [0.4, 0.5) is 0 Å². The molecule has 0 N–H and O–H groups in total. The first-order chi connectivity index (χ1) is 8.39. The fraction of sp³-hybridized carbons (Fsp3) is 0.833. The molecule has 0 saturated carbocycles. The van der Waals surface area contributed by atoms with Crippen LogP contribution in [0.25, 0.3) is 0 Å². The number of rotatable bonds is 5. The van der Waals surface area contributed by atoms with Gasteiger partial charge in [0.2, 0.25) is 0 Å². The third-order valence-electron chi connectivity index (χ3n) is 2.82. The first-order valence-corrected chi connectivity index (χ1v) is 5.87. The molecule has 1 aliphatic rings. The summed E-state index contributed by atoms with van der Waals surface area (Å²) >= 11 is 0. The van der Waals surface area contributed by atoms with Gasteiger partial charge in [-0.2, -0.15) is 0 Å². The van der Waals surface area contributed by atoms with Gasteiger partial charge >= 0.3 is 11.9 Å². The fourth-order valence-corrected chi connectivity index (χ4v) is 1.87. The van der Waals surface area contributed by atoms with E-state index in [9.17, 15) is 9.59 Å². The lowest BCUT2D eigenvalue weighted by Crippen LogP contribution is -2.28. The van der Waals surface area contributed by atoms with Crippen molar-refractivity contribution in [2.45, 2.75) is 38.6 Å². The molecule has 1 rings (SSSR count). The summed E-state index contributed by atoms with van der Waals surface area (Å²) < 4.78 is 20.2. The van der Waals surface area contributed by atoms with Gasteiger partial charge in [-0.15, -0.1) is 0 Å². The van der Waals surface area contributed by atoms with E-state index in [0.29, 0.717) is 19.4 Å². The smallest absolute Gasteiger partial charge is 0.320 e. The quantitative estimate of drug-likeness (QED) is 0.540.